The maximum Gasteiger partial charge on any atom is 0.271 e. The van der Waals surface area contributed by atoms with Gasteiger partial charge in [0, 0.05) is 23.9 Å². The van der Waals surface area contributed by atoms with Gasteiger partial charge in [-0.15, -0.1) is 0 Å². The fraction of sp³-hybridized carbons (Fsp3) is 0.625. The first kappa shape index (κ1) is 14.8. The van der Waals surface area contributed by atoms with Crippen molar-refractivity contribution in [2.45, 2.75) is 52.0 Å². The highest BCUT2D eigenvalue weighted by Gasteiger charge is 2.21. The summed E-state index contributed by atoms with van der Waals surface area (Å²) in [6.07, 6.45) is 6.13. The second kappa shape index (κ2) is 6.73. The van der Waals surface area contributed by atoms with E-state index in [0.717, 1.165) is 30.4 Å². The summed E-state index contributed by atoms with van der Waals surface area (Å²) in [4.78, 5) is 10.5. The van der Waals surface area contributed by atoms with Crippen molar-refractivity contribution in [2.75, 3.05) is 5.32 Å². The van der Waals surface area contributed by atoms with Gasteiger partial charge in [0.05, 0.1) is 4.92 Å². The van der Waals surface area contributed by atoms with Gasteiger partial charge in [0.25, 0.3) is 5.69 Å². The molecule has 2 atom stereocenters. The number of hydrogen-bond donors (Lipinski definition) is 1. The van der Waals surface area contributed by atoms with Crippen molar-refractivity contribution in [3.63, 3.8) is 0 Å². The number of nitro benzene ring substituents is 1. The summed E-state index contributed by atoms with van der Waals surface area (Å²) >= 11 is 0. The Kier molecular flexibility index (Phi) is 4.99. The number of non-ortho nitro benzene ring substituents is 1. The highest BCUT2D eigenvalue weighted by atomic mass is 16.6. The number of nitrogens with zero attached hydrogens (tertiary/aromatic N) is 1. The summed E-state index contributed by atoms with van der Waals surface area (Å²) in [5.41, 5.74) is 1.02. The lowest BCUT2D eigenvalue weighted by Gasteiger charge is -2.19. The second-order valence-electron chi connectivity index (χ2n) is 6.16. The van der Waals surface area contributed by atoms with E-state index in [1.807, 2.05) is 6.07 Å². The Morgan fingerprint density at radius 1 is 1.25 bits per heavy atom. The lowest BCUT2D eigenvalue weighted by atomic mass is 9.89. The summed E-state index contributed by atoms with van der Waals surface area (Å²) in [5, 5.41) is 14.3. The highest BCUT2D eigenvalue weighted by Crippen LogP contribution is 2.30. The zero-order chi connectivity index (χ0) is 14.5. The first-order valence-corrected chi connectivity index (χ1v) is 7.57. The van der Waals surface area contributed by atoms with Gasteiger partial charge in [-0.2, -0.15) is 0 Å². The predicted molar refractivity (Wildman–Crippen MR) is 81.9 cm³/mol. The maximum absolute atomic E-state index is 10.8. The molecule has 0 saturated heterocycles. The van der Waals surface area contributed by atoms with Gasteiger partial charge in [0.2, 0.25) is 0 Å². The van der Waals surface area contributed by atoms with Crippen molar-refractivity contribution in [3.05, 3.63) is 34.4 Å². The zero-order valence-electron chi connectivity index (χ0n) is 12.3. The Morgan fingerprint density at radius 2 is 2.05 bits per heavy atom. The van der Waals surface area contributed by atoms with Gasteiger partial charge in [-0.25, -0.2) is 0 Å². The van der Waals surface area contributed by atoms with E-state index in [9.17, 15) is 10.1 Å². The standard InChI is InChI=1S/C16H24N2O2/c1-12(2)13-5-3-6-14(10-9-13)17-15-7-4-8-16(11-15)18(19)20/h4,7-8,11-14,17H,3,5-6,9-10H2,1-2H3. The van der Waals surface area contributed by atoms with Gasteiger partial charge < -0.3 is 5.32 Å². The Bertz CT molecular complexity index is 460. The topological polar surface area (TPSA) is 55.2 Å². The molecule has 0 heterocycles. The van der Waals surface area contributed by atoms with Crippen LogP contribution in [0.1, 0.15) is 46.0 Å². The molecule has 4 nitrogen and oxygen atoms in total. The number of anilines is 1. The summed E-state index contributed by atoms with van der Waals surface area (Å²) in [6.45, 7) is 4.61. The van der Waals surface area contributed by atoms with Gasteiger partial charge in [-0.3, -0.25) is 10.1 Å². The van der Waals surface area contributed by atoms with E-state index in [4.69, 9.17) is 0 Å². The molecule has 2 rings (SSSR count). The first-order chi connectivity index (χ1) is 9.56. The van der Waals surface area contributed by atoms with E-state index in [2.05, 4.69) is 19.2 Å². The number of hydrogen-bond acceptors (Lipinski definition) is 3. The van der Waals surface area contributed by atoms with Crippen molar-refractivity contribution in [2.24, 2.45) is 11.8 Å². The Morgan fingerprint density at radius 3 is 2.75 bits per heavy atom. The lowest BCUT2D eigenvalue weighted by Crippen LogP contribution is -2.18. The zero-order valence-corrected chi connectivity index (χ0v) is 12.3. The van der Waals surface area contributed by atoms with Crippen LogP contribution in [0.5, 0.6) is 0 Å². The Labute approximate surface area is 120 Å². The van der Waals surface area contributed by atoms with Crippen LogP contribution < -0.4 is 5.32 Å². The number of nitrogens with one attached hydrogen (secondary N) is 1. The minimum absolute atomic E-state index is 0.156. The second-order valence-corrected chi connectivity index (χ2v) is 6.16. The Hall–Kier alpha value is -1.58. The molecule has 20 heavy (non-hydrogen) atoms. The SMILES string of the molecule is CC(C)C1CCCC(Nc2cccc([N+](=O)[O-])c2)CC1. The average molecular weight is 276 g/mol. The van der Waals surface area contributed by atoms with Crippen LogP contribution in [0.2, 0.25) is 0 Å². The molecule has 0 spiro atoms. The minimum Gasteiger partial charge on any atom is -0.382 e. The molecular weight excluding hydrogens is 252 g/mol. The molecule has 0 aromatic heterocycles. The molecule has 0 amide bonds. The molecule has 1 aliphatic carbocycles. The van der Waals surface area contributed by atoms with Gasteiger partial charge >= 0.3 is 0 Å². The molecule has 0 radical (unpaired) electrons. The first-order valence-electron chi connectivity index (χ1n) is 7.57. The van der Waals surface area contributed by atoms with E-state index in [1.165, 1.54) is 25.3 Å². The molecule has 0 aliphatic heterocycles. The van der Waals surface area contributed by atoms with Crippen molar-refractivity contribution in [1.29, 1.82) is 0 Å². The molecule has 4 heteroatoms. The summed E-state index contributed by atoms with van der Waals surface area (Å²) < 4.78 is 0. The highest BCUT2D eigenvalue weighted by molar-refractivity contribution is 5.51. The van der Waals surface area contributed by atoms with Crippen molar-refractivity contribution in [1.82, 2.24) is 0 Å². The van der Waals surface area contributed by atoms with E-state index in [-0.39, 0.29) is 10.6 Å². The van der Waals surface area contributed by atoms with Crippen LogP contribution in [0.4, 0.5) is 11.4 Å². The van der Waals surface area contributed by atoms with Gasteiger partial charge in [0.1, 0.15) is 0 Å². The summed E-state index contributed by atoms with van der Waals surface area (Å²) in [6, 6.07) is 7.27. The molecule has 1 aliphatic rings. The van der Waals surface area contributed by atoms with Gasteiger partial charge in [0.15, 0.2) is 0 Å². The number of nitro groups is 1. The van der Waals surface area contributed by atoms with Crippen LogP contribution in [0.15, 0.2) is 24.3 Å². The molecule has 0 bridgehead atoms. The van der Waals surface area contributed by atoms with Gasteiger partial charge in [-0.05, 0) is 37.2 Å². The van der Waals surface area contributed by atoms with Crippen molar-refractivity contribution >= 4 is 11.4 Å². The van der Waals surface area contributed by atoms with Crippen molar-refractivity contribution in [3.8, 4) is 0 Å². The number of rotatable bonds is 4. The molecule has 1 fully saturated rings. The summed E-state index contributed by atoms with van der Waals surface area (Å²) in [7, 11) is 0. The largest absolute Gasteiger partial charge is 0.382 e. The third-order valence-electron chi connectivity index (χ3n) is 4.38. The van der Waals surface area contributed by atoms with Crippen molar-refractivity contribution < 1.29 is 4.92 Å². The molecule has 2 unspecified atom stereocenters. The van der Waals surface area contributed by atoms with Crippen LogP contribution in [-0.2, 0) is 0 Å². The quantitative estimate of drug-likeness (QED) is 0.496. The third kappa shape index (κ3) is 3.95. The third-order valence-corrected chi connectivity index (χ3v) is 4.38. The van der Waals surface area contributed by atoms with Crippen LogP contribution in [0, 0.1) is 22.0 Å². The maximum atomic E-state index is 10.8. The Balaban J connectivity index is 1.96. The van der Waals surface area contributed by atoms with Crippen LogP contribution in [0.3, 0.4) is 0 Å². The molecule has 1 N–H and O–H groups in total. The van der Waals surface area contributed by atoms with E-state index in [0.29, 0.717) is 6.04 Å². The fourth-order valence-electron chi connectivity index (χ4n) is 3.09. The number of benzene rings is 1. The molecule has 1 aromatic rings. The smallest absolute Gasteiger partial charge is 0.271 e. The average Bonchev–Trinajstić information content (AvgIpc) is 2.65. The molecular formula is C16H24N2O2. The van der Waals surface area contributed by atoms with Crippen LogP contribution in [-0.4, -0.2) is 11.0 Å². The normalized spacial score (nSPS) is 23.4. The van der Waals surface area contributed by atoms with E-state index >= 15 is 0 Å². The van der Waals surface area contributed by atoms with E-state index < -0.39 is 0 Å². The predicted octanol–water partition coefficient (Wildman–Crippen LogP) is 4.61. The van der Waals surface area contributed by atoms with E-state index in [1.54, 1.807) is 12.1 Å². The van der Waals surface area contributed by atoms with Gasteiger partial charge in [-0.1, -0.05) is 32.8 Å². The monoisotopic (exact) mass is 276 g/mol. The minimum atomic E-state index is -0.340. The lowest BCUT2D eigenvalue weighted by molar-refractivity contribution is -0.384. The summed E-state index contributed by atoms with van der Waals surface area (Å²) in [5.74, 6) is 1.58. The van der Waals surface area contributed by atoms with Crippen LogP contribution >= 0.6 is 0 Å². The fourth-order valence-corrected chi connectivity index (χ4v) is 3.09. The molecule has 1 saturated carbocycles. The van der Waals surface area contributed by atoms with Crippen LogP contribution in [0.25, 0.3) is 0 Å². The molecule has 1 aromatic carbocycles. The molecule has 110 valence electrons.